The third-order valence-corrected chi connectivity index (χ3v) is 15.9. The number of hydrogen-bond acceptors (Lipinski definition) is 5. The topological polar surface area (TPSA) is 72.8 Å². The first kappa shape index (κ1) is 82.0. The number of ether oxygens (including phenoxy) is 2. The van der Waals surface area contributed by atoms with Crippen molar-refractivity contribution in [2.24, 2.45) is 0 Å². The van der Waals surface area contributed by atoms with E-state index in [1.807, 2.05) is 0 Å². The highest BCUT2D eigenvalue weighted by atomic mass is 16.6. The Morgan fingerprint density at radius 3 is 0.698 bits per heavy atom. The second-order valence-electron chi connectivity index (χ2n) is 24.3. The number of rotatable bonds is 67. The minimum absolute atomic E-state index is 0.0663. The van der Waals surface area contributed by atoms with Crippen LogP contribution >= 0.6 is 0 Å². The van der Waals surface area contributed by atoms with Gasteiger partial charge in [-0.3, -0.25) is 9.59 Å². The maximum atomic E-state index is 12.4. The Balaban J connectivity index is 3.44. The fourth-order valence-electron chi connectivity index (χ4n) is 10.5. The van der Waals surface area contributed by atoms with E-state index in [4.69, 9.17) is 9.47 Å². The molecule has 0 aromatic rings. The normalized spacial score (nSPS) is 13.0. The summed E-state index contributed by atoms with van der Waals surface area (Å²) in [6.07, 6.45) is 112. The summed E-state index contributed by atoms with van der Waals surface area (Å²) in [5.41, 5.74) is 0. The second-order valence-corrected chi connectivity index (χ2v) is 24.3. The average molecular weight is 1190 g/mol. The molecule has 0 rings (SSSR count). The smallest absolute Gasteiger partial charge is 0.306 e. The highest BCUT2D eigenvalue weighted by Crippen LogP contribution is 2.18. The predicted octanol–water partition coefficient (Wildman–Crippen LogP) is 25.9. The number of aliphatic hydroxyl groups excluding tert-OH is 1. The van der Waals surface area contributed by atoms with E-state index in [0.717, 1.165) is 109 Å². The first-order valence-corrected chi connectivity index (χ1v) is 36.7. The van der Waals surface area contributed by atoms with Crippen LogP contribution in [0.4, 0.5) is 0 Å². The third-order valence-electron chi connectivity index (χ3n) is 15.9. The van der Waals surface area contributed by atoms with E-state index in [1.54, 1.807) is 0 Å². The molecule has 1 N–H and O–H groups in total. The summed E-state index contributed by atoms with van der Waals surface area (Å²) in [7, 11) is 0. The van der Waals surface area contributed by atoms with Gasteiger partial charge in [0.2, 0.25) is 0 Å². The van der Waals surface area contributed by atoms with Crippen molar-refractivity contribution < 1.29 is 24.2 Å². The number of aliphatic hydroxyl groups is 1. The van der Waals surface area contributed by atoms with Crippen LogP contribution in [-0.4, -0.2) is 36.4 Å². The Bertz CT molecular complexity index is 1730. The van der Waals surface area contributed by atoms with Gasteiger partial charge in [-0.15, -0.1) is 0 Å². The molecule has 86 heavy (non-hydrogen) atoms. The molecule has 0 aromatic heterocycles. The Morgan fingerprint density at radius 2 is 0.465 bits per heavy atom. The molecule has 0 saturated carbocycles. The molecule has 0 aliphatic rings. The Morgan fingerprint density at radius 1 is 0.267 bits per heavy atom. The predicted molar refractivity (Wildman–Crippen MR) is 380 cm³/mol. The summed E-state index contributed by atoms with van der Waals surface area (Å²) in [6.45, 7) is 3.94. The molecule has 0 aliphatic carbocycles. The van der Waals surface area contributed by atoms with Gasteiger partial charge < -0.3 is 14.6 Å². The third kappa shape index (κ3) is 72.5. The van der Waals surface area contributed by atoms with Crippen molar-refractivity contribution in [3.05, 3.63) is 134 Å². The highest BCUT2D eigenvalue weighted by molar-refractivity contribution is 5.70. The van der Waals surface area contributed by atoms with Gasteiger partial charge in [-0.2, -0.15) is 0 Å². The van der Waals surface area contributed by atoms with Crippen LogP contribution in [0.15, 0.2) is 134 Å². The fourth-order valence-corrected chi connectivity index (χ4v) is 10.5. The van der Waals surface area contributed by atoms with E-state index in [0.29, 0.717) is 12.8 Å². The van der Waals surface area contributed by atoms with E-state index >= 15 is 0 Å². The molecule has 0 amide bonds. The SMILES string of the molecule is CC/C=C\C/C=C\C/C=C\C/C=C\C/C=C\C/C=C\CCCCCCCCCCCCCCCCCCCCC(=O)OC(CO)COC(=O)CCCCCCCCCCCCCCCCCCCCC/C=C\C/C=C\C/C=C\C/C=C\C/C=C\CC. The van der Waals surface area contributed by atoms with Crippen LogP contribution < -0.4 is 0 Å². The van der Waals surface area contributed by atoms with Crippen molar-refractivity contribution in [3.63, 3.8) is 0 Å². The maximum Gasteiger partial charge on any atom is 0.306 e. The first-order chi connectivity index (χ1) is 42.6. The molecule has 1 atom stereocenters. The minimum atomic E-state index is -0.778. The zero-order valence-electron chi connectivity index (χ0n) is 56.5. The van der Waals surface area contributed by atoms with Gasteiger partial charge in [-0.05, 0) is 109 Å². The van der Waals surface area contributed by atoms with Gasteiger partial charge in [-0.25, -0.2) is 0 Å². The Labute approximate surface area is 534 Å². The van der Waals surface area contributed by atoms with Crippen LogP contribution in [0.2, 0.25) is 0 Å². The lowest BCUT2D eigenvalue weighted by molar-refractivity contribution is -0.161. The number of unbranched alkanes of at least 4 members (excludes halogenated alkanes) is 37. The molecular formula is C81H138O5. The summed E-state index contributed by atoms with van der Waals surface area (Å²) in [6, 6.07) is 0. The summed E-state index contributed by atoms with van der Waals surface area (Å²) in [5.74, 6) is -0.578. The molecule has 0 saturated heterocycles. The molecule has 0 radical (unpaired) electrons. The standard InChI is InChI=1S/C81H138O5/c1-3-5-7-9-11-13-15-17-19-21-23-25-27-29-31-33-35-37-39-40-42-44-46-48-50-52-54-56-58-60-62-64-66-68-70-72-74-76-81(84)86-79(77-82)78-85-80(83)75-73-71-69-67-65-63-61-59-57-55-53-51-49-47-45-43-41-38-36-34-32-30-28-26-24-22-20-18-16-14-12-10-8-6-4-2/h5-8,11-14,17-20,23-26,29-32,35,37,79,82H,3-4,9-10,15-16,21-22,27-28,33-34,36,38-78H2,1-2H3/b7-5-,8-6-,13-11-,14-12-,19-17-,20-18-,25-23-,26-24-,31-29-,32-30-,37-35-. The van der Waals surface area contributed by atoms with Crippen molar-refractivity contribution in [2.75, 3.05) is 13.2 Å². The fraction of sp³-hybridized carbons (Fsp3) is 0.704. The molecular weight excluding hydrogens is 1050 g/mol. The largest absolute Gasteiger partial charge is 0.462 e. The quantitative estimate of drug-likeness (QED) is 0.0373. The summed E-state index contributed by atoms with van der Waals surface area (Å²) >= 11 is 0. The number of esters is 2. The van der Waals surface area contributed by atoms with Crippen molar-refractivity contribution in [1.82, 2.24) is 0 Å². The average Bonchev–Trinajstić information content (AvgIpc) is 3.53. The Kier molecular flexibility index (Phi) is 71.8. The molecule has 0 fully saturated rings. The zero-order chi connectivity index (χ0) is 61.9. The van der Waals surface area contributed by atoms with E-state index in [-0.39, 0.29) is 25.2 Å². The van der Waals surface area contributed by atoms with Crippen LogP contribution in [-0.2, 0) is 19.1 Å². The second kappa shape index (κ2) is 75.3. The van der Waals surface area contributed by atoms with Gasteiger partial charge in [0, 0.05) is 12.8 Å². The molecule has 1 unspecified atom stereocenters. The van der Waals surface area contributed by atoms with Crippen molar-refractivity contribution in [3.8, 4) is 0 Å². The molecule has 0 aliphatic heterocycles. The lowest BCUT2D eigenvalue weighted by atomic mass is 10.0. The number of carbonyl (C=O) groups excluding carboxylic acids is 2. The van der Waals surface area contributed by atoms with Gasteiger partial charge in [0.15, 0.2) is 6.10 Å². The van der Waals surface area contributed by atoms with Crippen LogP contribution in [0.5, 0.6) is 0 Å². The van der Waals surface area contributed by atoms with E-state index in [1.165, 1.54) is 212 Å². The molecule has 0 bridgehead atoms. The van der Waals surface area contributed by atoms with Crippen LogP contribution in [0.1, 0.15) is 348 Å². The first-order valence-electron chi connectivity index (χ1n) is 36.7. The lowest BCUT2D eigenvalue weighted by Gasteiger charge is -2.15. The summed E-state index contributed by atoms with van der Waals surface area (Å²) in [5, 5.41) is 9.72. The molecule has 492 valence electrons. The van der Waals surface area contributed by atoms with E-state index in [2.05, 4.69) is 148 Å². The Hall–Kier alpha value is -3.96. The van der Waals surface area contributed by atoms with Crippen molar-refractivity contribution in [2.45, 2.75) is 354 Å². The van der Waals surface area contributed by atoms with Gasteiger partial charge in [0.05, 0.1) is 6.61 Å². The van der Waals surface area contributed by atoms with E-state index in [9.17, 15) is 14.7 Å². The molecule has 5 nitrogen and oxygen atoms in total. The van der Waals surface area contributed by atoms with Crippen LogP contribution in [0, 0.1) is 0 Å². The van der Waals surface area contributed by atoms with E-state index < -0.39 is 6.10 Å². The summed E-state index contributed by atoms with van der Waals surface area (Å²) < 4.78 is 10.8. The summed E-state index contributed by atoms with van der Waals surface area (Å²) in [4.78, 5) is 24.7. The number of allylic oxidation sites excluding steroid dienone is 22. The number of carbonyl (C=O) groups is 2. The number of hydrogen-bond donors (Lipinski definition) is 1. The van der Waals surface area contributed by atoms with Gasteiger partial charge >= 0.3 is 11.9 Å². The molecule has 5 heteroatoms. The van der Waals surface area contributed by atoms with Gasteiger partial charge in [0.1, 0.15) is 6.61 Å². The zero-order valence-corrected chi connectivity index (χ0v) is 56.5. The van der Waals surface area contributed by atoms with Crippen molar-refractivity contribution >= 4 is 11.9 Å². The van der Waals surface area contributed by atoms with Gasteiger partial charge in [-0.1, -0.05) is 359 Å². The molecule has 0 heterocycles. The van der Waals surface area contributed by atoms with Crippen LogP contribution in [0.3, 0.4) is 0 Å². The maximum absolute atomic E-state index is 12.4. The monoisotopic (exact) mass is 1190 g/mol. The van der Waals surface area contributed by atoms with Gasteiger partial charge in [0.25, 0.3) is 0 Å². The lowest BCUT2D eigenvalue weighted by Crippen LogP contribution is -2.28. The molecule has 0 aromatic carbocycles. The highest BCUT2D eigenvalue weighted by Gasteiger charge is 2.16. The van der Waals surface area contributed by atoms with Crippen molar-refractivity contribution in [1.29, 1.82) is 0 Å². The molecule has 0 spiro atoms. The minimum Gasteiger partial charge on any atom is -0.462 e. The van der Waals surface area contributed by atoms with Crippen LogP contribution in [0.25, 0.3) is 0 Å².